The van der Waals surface area contributed by atoms with Gasteiger partial charge in [0.25, 0.3) is 5.79 Å². The van der Waals surface area contributed by atoms with Crippen LogP contribution in [-0.2, 0) is 19.1 Å². The van der Waals surface area contributed by atoms with E-state index in [-0.39, 0.29) is 23.4 Å². The van der Waals surface area contributed by atoms with E-state index in [9.17, 15) is 14.7 Å². The van der Waals surface area contributed by atoms with E-state index in [0.29, 0.717) is 29.6 Å². The standard InChI is InChI=1S/C20H26O5/c1-6-11(2)17(21)24-15-7-12(3)19(5)10-16-13(4)18(22)25-20(16,23)9-14(19)8-15/h6,9,12,15,23H,7-8,10H2,1-5H3/b11-6+/t12-,15+,19+,20+/m0/s1. The summed E-state index contributed by atoms with van der Waals surface area (Å²) < 4.78 is 10.9. The molecule has 0 radical (unpaired) electrons. The molecule has 0 aromatic rings. The van der Waals surface area contributed by atoms with E-state index in [1.54, 1.807) is 32.9 Å². The predicted octanol–water partition coefficient (Wildman–Crippen LogP) is 3.19. The summed E-state index contributed by atoms with van der Waals surface area (Å²) in [5, 5.41) is 10.8. The van der Waals surface area contributed by atoms with Crippen molar-refractivity contribution in [2.75, 3.05) is 0 Å². The Labute approximate surface area is 148 Å². The number of ether oxygens (including phenoxy) is 2. The second-order valence-corrected chi connectivity index (χ2v) is 7.79. The maximum atomic E-state index is 12.1. The molecule has 1 fully saturated rings. The molecule has 0 aromatic carbocycles. The molecule has 0 bridgehead atoms. The molecule has 0 aromatic heterocycles. The zero-order valence-electron chi connectivity index (χ0n) is 15.5. The van der Waals surface area contributed by atoms with Crippen LogP contribution in [0, 0.1) is 11.3 Å². The lowest BCUT2D eigenvalue weighted by molar-refractivity contribution is -0.170. The van der Waals surface area contributed by atoms with E-state index in [1.807, 2.05) is 0 Å². The Hall–Kier alpha value is -1.88. The molecule has 2 aliphatic carbocycles. The first kappa shape index (κ1) is 17.9. The number of carbonyl (C=O) groups is 2. The van der Waals surface area contributed by atoms with Gasteiger partial charge in [-0.05, 0) is 51.0 Å². The Morgan fingerprint density at radius 3 is 2.80 bits per heavy atom. The first-order valence-corrected chi connectivity index (χ1v) is 8.82. The fourth-order valence-corrected chi connectivity index (χ4v) is 4.15. The van der Waals surface area contributed by atoms with Crippen molar-refractivity contribution in [2.45, 2.75) is 65.8 Å². The van der Waals surface area contributed by atoms with Crippen molar-refractivity contribution in [3.63, 3.8) is 0 Å². The highest BCUT2D eigenvalue weighted by Crippen LogP contribution is 2.56. The quantitative estimate of drug-likeness (QED) is 0.472. The number of fused-ring (bicyclic) bond motifs is 2. The van der Waals surface area contributed by atoms with Gasteiger partial charge in [-0.2, -0.15) is 0 Å². The molecule has 1 saturated carbocycles. The third kappa shape index (κ3) is 2.74. The highest BCUT2D eigenvalue weighted by molar-refractivity contribution is 5.92. The van der Waals surface area contributed by atoms with E-state index in [1.165, 1.54) is 0 Å². The molecule has 1 aliphatic heterocycles. The molecule has 0 unspecified atom stereocenters. The monoisotopic (exact) mass is 346 g/mol. The Kier molecular flexibility index (Phi) is 4.18. The Balaban J connectivity index is 1.91. The van der Waals surface area contributed by atoms with Crippen LogP contribution >= 0.6 is 0 Å². The number of hydrogen-bond acceptors (Lipinski definition) is 5. The molecule has 136 valence electrons. The van der Waals surface area contributed by atoms with E-state index in [4.69, 9.17) is 9.47 Å². The lowest BCUT2D eigenvalue weighted by Gasteiger charge is -2.49. The molecule has 5 nitrogen and oxygen atoms in total. The van der Waals surface area contributed by atoms with Gasteiger partial charge in [0.15, 0.2) is 0 Å². The van der Waals surface area contributed by atoms with Crippen LogP contribution < -0.4 is 0 Å². The van der Waals surface area contributed by atoms with Crippen molar-refractivity contribution in [3.05, 3.63) is 34.4 Å². The first-order chi connectivity index (χ1) is 11.6. The summed E-state index contributed by atoms with van der Waals surface area (Å²) in [7, 11) is 0. The number of aliphatic hydroxyl groups is 1. The molecule has 5 heteroatoms. The number of rotatable bonds is 2. The molecule has 1 heterocycles. The van der Waals surface area contributed by atoms with Crippen LogP contribution in [0.25, 0.3) is 0 Å². The first-order valence-electron chi connectivity index (χ1n) is 8.82. The maximum absolute atomic E-state index is 12.1. The maximum Gasteiger partial charge on any atom is 0.336 e. The zero-order valence-corrected chi connectivity index (χ0v) is 15.5. The Morgan fingerprint density at radius 1 is 1.48 bits per heavy atom. The van der Waals surface area contributed by atoms with Crippen molar-refractivity contribution < 1.29 is 24.2 Å². The summed E-state index contributed by atoms with van der Waals surface area (Å²) in [4.78, 5) is 24.0. The van der Waals surface area contributed by atoms with Crippen LogP contribution in [0.15, 0.2) is 34.4 Å². The van der Waals surface area contributed by atoms with Crippen LogP contribution in [0.5, 0.6) is 0 Å². The second-order valence-electron chi connectivity index (χ2n) is 7.79. The molecule has 0 amide bonds. The average Bonchev–Trinajstić information content (AvgIpc) is 2.75. The van der Waals surface area contributed by atoms with Gasteiger partial charge >= 0.3 is 11.9 Å². The second kappa shape index (κ2) is 5.84. The number of esters is 2. The van der Waals surface area contributed by atoms with Gasteiger partial charge in [-0.15, -0.1) is 0 Å². The smallest absolute Gasteiger partial charge is 0.336 e. The molecule has 0 spiro atoms. The fourth-order valence-electron chi connectivity index (χ4n) is 4.15. The minimum Gasteiger partial charge on any atom is -0.459 e. The SMILES string of the molecule is C/C=C(\C)C(=O)O[C@H]1CC2=C[C@@]3(O)OC(=O)C(C)=C3C[C@]2(C)[C@@H](C)C1. The van der Waals surface area contributed by atoms with E-state index in [0.717, 1.165) is 12.0 Å². The van der Waals surface area contributed by atoms with Gasteiger partial charge in [-0.3, -0.25) is 0 Å². The van der Waals surface area contributed by atoms with Crippen molar-refractivity contribution in [3.8, 4) is 0 Å². The fraction of sp³-hybridized carbons (Fsp3) is 0.600. The zero-order chi connectivity index (χ0) is 18.6. The highest BCUT2D eigenvalue weighted by Gasteiger charge is 2.54. The normalized spacial score (nSPS) is 37.9. The number of carbonyl (C=O) groups excluding carboxylic acids is 2. The molecule has 25 heavy (non-hydrogen) atoms. The van der Waals surface area contributed by atoms with E-state index < -0.39 is 11.8 Å². The molecular weight excluding hydrogens is 320 g/mol. The van der Waals surface area contributed by atoms with E-state index >= 15 is 0 Å². The summed E-state index contributed by atoms with van der Waals surface area (Å²) in [5.74, 6) is -2.16. The third-order valence-electron chi connectivity index (χ3n) is 6.27. The molecule has 3 aliphatic rings. The van der Waals surface area contributed by atoms with Gasteiger partial charge in [0.05, 0.1) is 0 Å². The van der Waals surface area contributed by atoms with Gasteiger partial charge in [0.2, 0.25) is 0 Å². The number of hydrogen-bond donors (Lipinski definition) is 1. The van der Waals surface area contributed by atoms with Gasteiger partial charge < -0.3 is 14.6 Å². The molecule has 0 saturated heterocycles. The lowest BCUT2D eigenvalue weighted by atomic mass is 9.58. The van der Waals surface area contributed by atoms with Crippen LogP contribution in [0.1, 0.15) is 53.9 Å². The van der Waals surface area contributed by atoms with Crippen molar-refractivity contribution in [1.82, 2.24) is 0 Å². The van der Waals surface area contributed by atoms with Crippen molar-refractivity contribution in [1.29, 1.82) is 0 Å². The summed E-state index contributed by atoms with van der Waals surface area (Å²) in [6.07, 6.45) is 5.07. The Bertz CT molecular complexity index is 728. The number of allylic oxidation sites excluding steroid dienone is 1. The minimum atomic E-state index is -1.64. The average molecular weight is 346 g/mol. The largest absolute Gasteiger partial charge is 0.459 e. The molecule has 4 atom stereocenters. The van der Waals surface area contributed by atoms with Gasteiger partial charge in [0.1, 0.15) is 6.10 Å². The third-order valence-corrected chi connectivity index (χ3v) is 6.27. The molecular formula is C20H26O5. The van der Waals surface area contributed by atoms with Gasteiger partial charge in [-0.25, -0.2) is 9.59 Å². The Morgan fingerprint density at radius 2 is 2.16 bits per heavy atom. The van der Waals surface area contributed by atoms with Crippen molar-refractivity contribution >= 4 is 11.9 Å². The summed E-state index contributed by atoms with van der Waals surface area (Å²) in [6.45, 7) is 9.53. The minimum absolute atomic E-state index is 0.171. The van der Waals surface area contributed by atoms with Crippen LogP contribution in [0.3, 0.4) is 0 Å². The van der Waals surface area contributed by atoms with Crippen molar-refractivity contribution in [2.24, 2.45) is 11.3 Å². The van der Waals surface area contributed by atoms with E-state index in [2.05, 4.69) is 13.8 Å². The highest BCUT2D eigenvalue weighted by atomic mass is 16.7. The van der Waals surface area contributed by atoms with Crippen LogP contribution in [0.2, 0.25) is 0 Å². The van der Waals surface area contributed by atoms with Gasteiger partial charge in [-0.1, -0.05) is 25.5 Å². The van der Waals surface area contributed by atoms with Gasteiger partial charge in [0, 0.05) is 23.1 Å². The molecule has 1 N–H and O–H groups in total. The topological polar surface area (TPSA) is 72.8 Å². The summed E-state index contributed by atoms with van der Waals surface area (Å²) in [5.41, 5.74) is 2.58. The summed E-state index contributed by atoms with van der Waals surface area (Å²) >= 11 is 0. The summed E-state index contributed by atoms with van der Waals surface area (Å²) in [6, 6.07) is 0. The van der Waals surface area contributed by atoms with Crippen LogP contribution in [-0.4, -0.2) is 28.9 Å². The lowest BCUT2D eigenvalue weighted by Crippen LogP contribution is -2.46. The predicted molar refractivity (Wildman–Crippen MR) is 92.3 cm³/mol. The molecule has 3 rings (SSSR count). The van der Waals surface area contributed by atoms with Crippen LogP contribution in [0.4, 0.5) is 0 Å².